The molecule has 1 aliphatic carbocycles. The molecule has 0 fully saturated rings. The number of aromatic nitrogens is 3. The van der Waals surface area contributed by atoms with Gasteiger partial charge in [-0.1, -0.05) is 188 Å². The van der Waals surface area contributed by atoms with Crippen LogP contribution >= 0.6 is 0 Å². The molecule has 2 atom stereocenters. The number of anilines is 1. The molecule has 2 aromatic heterocycles. The number of benzene rings is 8. The third-order valence-corrected chi connectivity index (χ3v) is 12.8. The fraction of sp³-hybridized carbons (Fsp3) is 0.0508. The van der Waals surface area contributed by atoms with E-state index in [-0.39, 0.29) is 6.04 Å². The predicted molar refractivity (Wildman–Crippen MR) is 263 cm³/mol. The first-order valence-corrected chi connectivity index (χ1v) is 21.8. The molecule has 0 spiro atoms. The fourth-order valence-corrected chi connectivity index (χ4v) is 9.76. The van der Waals surface area contributed by atoms with E-state index in [4.69, 9.17) is 9.97 Å². The van der Waals surface area contributed by atoms with Crippen LogP contribution < -0.4 is 5.32 Å². The lowest BCUT2D eigenvalue weighted by atomic mass is 9.79. The standard InChI is InChI=1S/C59H42N4/c1-4-17-39(18-5-1)51-37-52(41-19-6-2-7-20-41)60-55-36-50(46-25-10-11-28-49(46)58(51)55)40-31-33-42(34-32-40)53-38-54(62-59(61-53)43-21-8-3-9-22-43)44-23-16-24-45(35-44)63-56-29-14-12-26-47(56)48-27-13-15-30-57(48)63/h1-17,19-39,52,60H,18H2. The lowest BCUT2D eigenvalue weighted by Crippen LogP contribution is -2.18. The molecule has 0 radical (unpaired) electrons. The molecule has 10 aromatic rings. The predicted octanol–water partition coefficient (Wildman–Crippen LogP) is 15.1. The molecule has 2 aliphatic rings. The Labute approximate surface area is 366 Å². The Balaban J connectivity index is 0.960. The maximum atomic E-state index is 5.21. The molecule has 0 amide bonds. The summed E-state index contributed by atoms with van der Waals surface area (Å²) >= 11 is 0. The number of fused-ring (bicyclic) bond motifs is 6. The highest BCUT2D eigenvalue weighted by atomic mass is 15.0. The number of nitrogens with zero attached hydrogens (tertiary/aromatic N) is 3. The van der Waals surface area contributed by atoms with Gasteiger partial charge in [0.1, 0.15) is 0 Å². The van der Waals surface area contributed by atoms with E-state index in [0.29, 0.717) is 11.7 Å². The van der Waals surface area contributed by atoms with Crippen LogP contribution in [0, 0.1) is 5.92 Å². The van der Waals surface area contributed by atoms with Crippen LogP contribution in [0.4, 0.5) is 5.69 Å². The molecule has 2 unspecified atom stereocenters. The molecular weight excluding hydrogens is 765 g/mol. The van der Waals surface area contributed by atoms with Gasteiger partial charge in [0.2, 0.25) is 0 Å². The number of allylic oxidation sites excluding steroid dienone is 5. The lowest BCUT2D eigenvalue weighted by Gasteiger charge is -2.32. The first kappa shape index (κ1) is 36.7. The van der Waals surface area contributed by atoms with Gasteiger partial charge in [0.25, 0.3) is 0 Å². The average Bonchev–Trinajstić information content (AvgIpc) is 3.71. The van der Waals surface area contributed by atoms with Gasteiger partial charge in [-0.3, -0.25) is 0 Å². The molecule has 1 aliphatic heterocycles. The summed E-state index contributed by atoms with van der Waals surface area (Å²) in [6, 6.07) is 69.5. The summed E-state index contributed by atoms with van der Waals surface area (Å²) in [6.07, 6.45) is 12.4. The number of para-hydroxylation sites is 2. The molecule has 0 saturated carbocycles. The Morgan fingerprint density at radius 1 is 0.492 bits per heavy atom. The van der Waals surface area contributed by atoms with E-state index < -0.39 is 0 Å². The Hall–Kier alpha value is -8.08. The Bertz CT molecular complexity index is 3400. The van der Waals surface area contributed by atoms with Crippen molar-refractivity contribution in [1.29, 1.82) is 0 Å². The maximum absolute atomic E-state index is 5.21. The summed E-state index contributed by atoms with van der Waals surface area (Å²) in [7, 11) is 0. The normalized spacial score (nSPS) is 15.7. The van der Waals surface area contributed by atoms with Gasteiger partial charge in [-0.15, -0.1) is 0 Å². The first-order valence-electron chi connectivity index (χ1n) is 21.8. The van der Waals surface area contributed by atoms with Crippen LogP contribution in [0.25, 0.3) is 88.9 Å². The molecule has 298 valence electrons. The highest BCUT2D eigenvalue weighted by molar-refractivity contribution is 6.10. The van der Waals surface area contributed by atoms with Crippen LogP contribution in [0.2, 0.25) is 0 Å². The van der Waals surface area contributed by atoms with E-state index in [1.54, 1.807) is 0 Å². The minimum atomic E-state index is 0.0674. The van der Waals surface area contributed by atoms with Gasteiger partial charge in [0.15, 0.2) is 5.82 Å². The number of hydrogen-bond acceptors (Lipinski definition) is 3. The van der Waals surface area contributed by atoms with Gasteiger partial charge in [0.05, 0.1) is 28.5 Å². The monoisotopic (exact) mass is 806 g/mol. The largest absolute Gasteiger partial charge is 0.374 e. The van der Waals surface area contributed by atoms with Gasteiger partial charge in [-0.05, 0) is 75.9 Å². The van der Waals surface area contributed by atoms with Crippen molar-refractivity contribution in [3.8, 4) is 50.7 Å². The van der Waals surface area contributed by atoms with Crippen molar-refractivity contribution in [1.82, 2.24) is 14.5 Å². The van der Waals surface area contributed by atoms with E-state index in [1.807, 2.05) is 18.2 Å². The van der Waals surface area contributed by atoms with Gasteiger partial charge in [-0.25, -0.2) is 9.97 Å². The highest BCUT2D eigenvalue weighted by Crippen LogP contribution is 2.47. The second kappa shape index (κ2) is 15.4. The van der Waals surface area contributed by atoms with Crippen LogP contribution in [-0.2, 0) is 0 Å². The summed E-state index contributed by atoms with van der Waals surface area (Å²) in [5.74, 6) is 1.01. The quantitative estimate of drug-likeness (QED) is 0.174. The van der Waals surface area contributed by atoms with Gasteiger partial charge >= 0.3 is 0 Å². The topological polar surface area (TPSA) is 42.7 Å². The van der Waals surface area contributed by atoms with E-state index in [2.05, 4.69) is 216 Å². The number of hydrogen-bond donors (Lipinski definition) is 1. The highest BCUT2D eigenvalue weighted by Gasteiger charge is 2.28. The van der Waals surface area contributed by atoms with Crippen molar-refractivity contribution in [3.63, 3.8) is 0 Å². The molecule has 8 aromatic carbocycles. The van der Waals surface area contributed by atoms with Crippen LogP contribution in [0.3, 0.4) is 0 Å². The zero-order valence-electron chi connectivity index (χ0n) is 34.6. The van der Waals surface area contributed by atoms with Crippen LogP contribution in [0.5, 0.6) is 0 Å². The van der Waals surface area contributed by atoms with Gasteiger partial charge < -0.3 is 9.88 Å². The van der Waals surface area contributed by atoms with E-state index in [0.717, 1.165) is 51.4 Å². The summed E-state index contributed by atoms with van der Waals surface area (Å²) in [5, 5.41) is 8.94. The van der Waals surface area contributed by atoms with Crippen molar-refractivity contribution < 1.29 is 0 Å². The zero-order chi connectivity index (χ0) is 41.7. The van der Waals surface area contributed by atoms with Gasteiger partial charge in [0, 0.05) is 50.3 Å². The van der Waals surface area contributed by atoms with Crippen LogP contribution in [0.15, 0.2) is 225 Å². The smallest absolute Gasteiger partial charge is 0.160 e. The minimum Gasteiger partial charge on any atom is -0.374 e. The van der Waals surface area contributed by atoms with Crippen molar-refractivity contribution in [2.24, 2.45) is 5.92 Å². The average molecular weight is 807 g/mol. The van der Waals surface area contributed by atoms with E-state index in [9.17, 15) is 0 Å². The molecule has 0 bridgehead atoms. The molecular formula is C59H42N4. The zero-order valence-corrected chi connectivity index (χ0v) is 34.6. The third kappa shape index (κ3) is 6.55. The van der Waals surface area contributed by atoms with Gasteiger partial charge in [-0.2, -0.15) is 0 Å². The second-order valence-electron chi connectivity index (χ2n) is 16.5. The van der Waals surface area contributed by atoms with E-state index >= 15 is 0 Å². The molecule has 0 saturated heterocycles. The van der Waals surface area contributed by atoms with Crippen molar-refractivity contribution in [2.75, 3.05) is 5.32 Å². The van der Waals surface area contributed by atoms with Crippen molar-refractivity contribution >= 4 is 43.8 Å². The Kier molecular flexibility index (Phi) is 9.00. The summed E-state index contributed by atoms with van der Waals surface area (Å²) in [5.41, 5.74) is 15.7. The third-order valence-electron chi connectivity index (χ3n) is 12.8. The van der Waals surface area contributed by atoms with E-state index in [1.165, 1.54) is 54.8 Å². The molecule has 12 rings (SSSR count). The molecule has 4 heteroatoms. The Morgan fingerprint density at radius 2 is 1.11 bits per heavy atom. The fourth-order valence-electron chi connectivity index (χ4n) is 9.76. The molecule has 1 N–H and O–H groups in total. The number of rotatable bonds is 7. The maximum Gasteiger partial charge on any atom is 0.160 e. The van der Waals surface area contributed by atoms with Crippen LogP contribution in [-0.4, -0.2) is 14.5 Å². The summed E-state index contributed by atoms with van der Waals surface area (Å²) in [4.78, 5) is 10.4. The molecule has 4 nitrogen and oxygen atoms in total. The number of nitrogens with one attached hydrogen (secondary N) is 1. The summed E-state index contributed by atoms with van der Waals surface area (Å²) in [6.45, 7) is 0. The minimum absolute atomic E-state index is 0.0674. The van der Waals surface area contributed by atoms with Crippen LogP contribution in [0.1, 0.15) is 23.6 Å². The second-order valence-corrected chi connectivity index (χ2v) is 16.5. The van der Waals surface area contributed by atoms with Crippen molar-refractivity contribution in [2.45, 2.75) is 12.5 Å². The Morgan fingerprint density at radius 3 is 1.83 bits per heavy atom. The van der Waals surface area contributed by atoms with Crippen molar-refractivity contribution in [3.05, 3.63) is 236 Å². The SMILES string of the molecule is C1=CCC(C2=CC(c3ccccc3)Nc3cc(-c4ccc(-c5cc(-c6cccc(-n7c8ccccc8c8ccccc87)c6)nc(-c6ccccc6)n5)cc4)c4ccccc4c32)C=C1. The first-order chi connectivity index (χ1) is 31.2. The summed E-state index contributed by atoms with van der Waals surface area (Å²) < 4.78 is 2.36. The lowest BCUT2D eigenvalue weighted by molar-refractivity contribution is 0.826. The molecule has 3 heterocycles. The molecule has 63 heavy (non-hydrogen) atoms.